The Kier molecular flexibility index (Phi) is 3.24. The molecule has 0 aliphatic carbocycles. The topological polar surface area (TPSA) is 73.9 Å². The summed E-state index contributed by atoms with van der Waals surface area (Å²) >= 11 is 0. The van der Waals surface area contributed by atoms with Gasteiger partial charge in [0.2, 0.25) is 0 Å². The number of nitrogen functional groups attached to an aromatic ring is 1. The van der Waals surface area contributed by atoms with Crippen LogP contribution in [-0.2, 0) is 9.47 Å². The van der Waals surface area contributed by atoms with Gasteiger partial charge >= 0.3 is 0 Å². The van der Waals surface area contributed by atoms with Gasteiger partial charge in [-0.1, -0.05) is 6.07 Å². The molecule has 5 nitrogen and oxygen atoms in total. The predicted molar refractivity (Wildman–Crippen MR) is 70.3 cm³/mol. The van der Waals surface area contributed by atoms with Crippen LogP contribution in [0, 0.1) is 0 Å². The summed E-state index contributed by atoms with van der Waals surface area (Å²) in [7, 11) is 0. The van der Waals surface area contributed by atoms with E-state index < -0.39 is 0 Å². The number of nitrogens with two attached hydrogens (primary N) is 1. The van der Waals surface area contributed by atoms with Crippen molar-refractivity contribution < 1.29 is 19.3 Å². The van der Waals surface area contributed by atoms with Crippen LogP contribution in [0.5, 0.6) is 11.5 Å². The van der Waals surface area contributed by atoms with Crippen LogP contribution >= 0.6 is 0 Å². The van der Waals surface area contributed by atoms with Gasteiger partial charge in [-0.05, 0) is 12.1 Å². The Morgan fingerprint density at radius 3 is 3.05 bits per heavy atom. The third kappa shape index (κ3) is 2.48. The van der Waals surface area contributed by atoms with Crippen molar-refractivity contribution in [2.45, 2.75) is 31.0 Å². The van der Waals surface area contributed by atoms with E-state index in [1.807, 2.05) is 0 Å². The van der Waals surface area contributed by atoms with Crippen LogP contribution in [0.1, 0.15) is 19.3 Å². The van der Waals surface area contributed by atoms with Crippen molar-refractivity contribution in [3.8, 4) is 11.5 Å². The van der Waals surface area contributed by atoms with E-state index in [-0.39, 0.29) is 17.5 Å². The summed E-state index contributed by atoms with van der Waals surface area (Å²) in [6.45, 7) is 2.07. The fourth-order valence-electron chi connectivity index (χ4n) is 2.76. The molecular formula is C14H19NO4. The highest BCUT2D eigenvalue weighted by Crippen LogP contribution is 2.37. The number of ether oxygens (including phenoxy) is 3. The van der Waals surface area contributed by atoms with E-state index in [4.69, 9.17) is 19.9 Å². The number of aromatic hydroxyl groups is 1. The first-order valence-corrected chi connectivity index (χ1v) is 6.64. The number of phenols is 1. The summed E-state index contributed by atoms with van der Waals surface area (Å²) in [5, 5.41) is 9.58. The summed E-state index contributed by atoms with van der Waals surface area (Å²) in [5.74, 6) is 0.601. The van der Waals surface area contributed by atoms with Gasteiger partial charge in [-0.2, -0.15) is 0 Å². The number of anilines is 1. The quantitative estimate of drug-likeness (QED) is 0.629. The summed E-state index contributed by atoms with van der Waals surface area (Å²) in [5.41, 5.74) is 5.92. The Bertz CT molecular complexity index is 457. The van der Waals surface area contributed by atoms with Gasteiger partial charge in [-0.15, -0.1) is 0 Å². The Morgan fingerprint density at radius 2 is 2.26 bits per heavy atom. The molecule has 2 aliphatic rings. The van der Waals surface area contributed by atoms with Gasteiger partial charge < -0.3 is 25.1 Å². The summed E-state index contributed by atoms with van der Waals surface area (Å²) in [6, 6.07) is 5.07. The average Bonchev–Trinajstić information content (AvgIpc) is 2.83. The molecule has 3 N–H and O–H groups in total. The molecule has 2 unspecified atom stereocenters. The number of hydrogen-bond acceptors (Lipinski definition) is 5. The molecule has 0 aromatic heterocycles. The van der Waals surface area contributed by atoms with Crippen LogP contribution in [0.2, 0.25) is 0 Å². The highest BCUT2D eigenvalue weighted by Gasteiger charge is 2.41. The first-order valence-electron chi connectivity index (χ1n) is 6.64. The fraction of sp³-hybridized carbons (Fsp3) is 0.571. The van der Waals surface area contributed by atoms with Crippen molar-refractivity contribution in [3.05, 3.63) is 18.2 Å². The van der Waals surface area contributed by atoms with Crippen molar-refractivity contribution >= 4 is 5.69 Å². The lowest BCUT2D eigenvalue weighted by atomic mass is 9.91. The van der Waals surface area contributed by atoms with E-state index in [0.29, 0.717) is 24.7 Å². The molecule has 2 aliphatic heterocycles. The lowest BCUT2D eigenvalue weighted by Gasteiger charge is -2.37. The maximum Gasteiger partial charge on any atom is 0.146 e. The first-order chi connectivity index (χ1) is 9.19. The van der Waals surface area contributed by atoms with Crippen molar-refractivity contribution in [2.24, 2.45) is 0 Å². The second-order valence-corrected chi connectivity index (χ2v) is 5.26. The van der Waals surface area contributed by atoms with Crippen molar-refractivity contribution in [3.63, 3.8) is 0 Å². The molecule has 1 aromatic rings. The summed E-state index contributed by atoms with van der Waals surface area (Å²) in [4.78, 5) is 0. The molecule has 2 atom stereocenters. The predicted octanol–water partition coefficient (Wildman–Crippen LogP) is 1.69. The van der Waals surface area contributed by atoms with Crippen molar-refractivity contribution in [1.29, 1.82) is 0 Å². The summed E-state index contributed by atoms with van der Waals surface area (Å²) in [6.07, 6.45) is 2.61. The number of para-hydroxylation sites is 1. The molecule has 104 valence electrons. The SMILES string of the molecule is Nc1c(O)cccc1OC1CCOC2(CCOC2)C1. The largest absolute Gasteiger partial charge is 0.506 e. The van der Waals surface area contributed by atoms with Gasteiger partial charge in [-0.25, -0.2) is 0 Å². The molecule has 1 aromatic carbocycles. The minimum Gasteiger partial charge on any atom is -0.506 e. The van der Waals surface area contributed by atoms with Gasteiger partial charge in [0.05, 0.1) is 18.8 Å². The third-order valence-corrected chi connectivity index (χ3v) is 3.85. The van der Waals surface area contributed by atoms with E-state index >= 15 is 0 Å². The molecule has 2 heterocycles. The Morgan fingerprint density at radius 1 is 1.37 bits per heavy atom. The average molecular weight is 265 g/mol. The molecule has 0 amide bonds. The molecule has 0 saturated carbocycles. The zero-order chi connectivity index (χ0) is 13.3. The molecule has 0 radical (unpaired) electrons. The van der Waals surface area contributed by atoms with Crippen molar-refractivity contribution in [2.75, 3.05) is 25.6 Å². The van der Waals surface area contributed by atoms with Crippen molar-refractivity contribution in [1.82, 2.24) is 0 Å². The molecule has 2 fully saturated rings. The highest BCUT2D eigenvalue weighted by atomic mass is 16.6. The molecule has 5 heteroatoms. The van der Waals surface area contributed by atoms with Gasteiger partial charge in [0.25, 0.3) is 0 Å². The van der Waals surface area contributed by atoms with E-state index in [1.165, 1.54) is 0 Å². The van der Waals surface area contributed by atoms with Crippen LogP contribution in [-0.4, -0.2) is 36.6 Å². The first kappa shape index (κ1) is 12.6. The van der Waals surface area contributed by atoms with Crippen LogP contribution < -0.4 is 10.5 Å². The smallest absolute Gasteiger partial charge is 0.146 e. The zero-order valence-corrected chi connectivity index (χ0v) is 10.8. The van der Waals surface area contributed by atoms with E-state index in [2.05, 4.69) is 0 Å². The lowest BCUT2D eigenvalue weighted by molar-refractivity contribution is -0.112. The second-order valence-electron chi connectivity index (χ2n) is 5.26. The zero-order valence-electron chi connectivity index (χ0n) is 10.8. The standard InChI is InChI=1S/C14H19NO4/c15-13-11(16)2-1-3-12(13)19-10-4-6-18-14(8-10)5-7-17-9-14/h1-3,10,16H,4-9,15H2. The van der Waals surface area contributed by atoms with Crippen LogP contribution in [0.4, 0.5) is 5.69 Å². The van der Waals surface area contributed by atoms with Gasteiger partial charge in [-0.3, -0.25) is 0 Å². The Labute approximate surface area is 112 Å². The number of benzene rings is 1. The molecule has 0 bridgehead atoms. The number of hydrogen-bond donors (Lipinski definition) is 2. The molecule has 1 spiro atoms. The van der Waals surface area contributed by atoms with E-state index in [1.54, 1.807) is 18.2 Å². The van der Waals surface area contributed by atoms with Crippen LogP contribution in [0.15, 0.2) is 18.2 Å². The monoisotopic (exact) mass is 265 g/mol. The maximum absolute atomic E-state index is 9.58. The second kappa shape index (κ2) is 4.90. The minimum atomic E-state index is -0.186. The molecule has 2 saturated heterocycles. The third-order valence-electron chi connectivity index (χ3n) is 3.85. The lowest BCUT2D eigenvalue weighted by Crippen LogP contribution is -2.44. The molecule has 3 rings (SSSR count). The summed E-state index contributed by atoms with van der Waals surface area (Å²) < 4.78 is 17.2. The van der Waals surface area contributed by atoms with Gasteiger partial charge in [0.15, 0.2) is 0 Å². The van der Waals surface area contributed by atoms with Gasteiger partial charge in [0, 0.05) is 25.9 Å². The Balaban J connectivity index is 1.71. The maximum atomic E-state index is 9.58. The van der Waals surface area contributed by atoms with Gasteiger partial charge in [0.1, 0.15) is 23.3 Å². The fourth-order valence-corrected chi connectivity index (χ4v) is 2.76. The molecule has 19 heavy (non-hydrogen) atoms. The minimum absolute atomic E-state index is 0.0551. The van der Waals surface area contributed by atoms with E-state index in [0.717, 1.165) is 25.9 Å². The van der Waals surface area contributed by atoms with Crippen LogP contribution in [0.25, 0.3) is 0 Å². The highest BCUT2D eigenvalue weighted by molar-refractivity contribution is 5.61. The van der Waals surface area contributed by atoms with Crippen LogP contribution in [0.3, 0.4) is 0 Å². The molecular weight excluding hydrogens is 246 g/mol. The Hall–Kier alpha value is -1.46. The normalized spacial score (nSPS) is 30.6. The number of phenolic OH excluding ortho intramolecular Hbond substituents is 1. The van der Waals surface area contributed by atoms with E-state index in [9.17, 15) is 5.11 Å². The number of rotatable bonds is 2.